The zero-order chi connectivity index (χ0) is 14.6. The Bertz CT molecular complexity index is 428. The van der Waals surface area contributed by atoms with Crippen molar-refractivity contribution in [3.05, 3.63) is 35.9 Å². The van der Waals surface area contributed by atoms with E-state index in [0.717, 1.165) is 30.8 Å². The van der Waals surface area contributed by atoms with E-state index in [-0.39, 0.29) is 0 Å². The third kappa shape index (κ3) is 5.02. The van der Waals surface area contributed by atoms with E-state index in [4.69, 9.17) is 0 Å². The molecule has 1 aromatic carbocycles. The van der Waals surface area contributed by atoms with E-state index in [1.54, 1.807) is 0 Å². The van der Waals surface area contributed by atoms with Gasteiger partial charge in [0.2, 0.25) is 0 Å². The normalized spacial score (nSPS) is 25.4. The van der Waals surface area contributed by atoms with Gasteiger partial charge in [-0.3, -0.25) is 4.21 Å². The Morgan fingerprint density at radius 2 is 1.80 bits per heavy atom. The molecule has 0 radical (unpaired) electrons. The van der Waals surface area contributed by atoms with Gasteiger partial charge in [0.15, 0.2) is 0 Å². The Hall–Kier alpha value is -0.670. The van der Waals surface area contributed by atoms with Gasteiger partial charge in [0.25, 0.3) is 0 Å². The molecule has 1 aliphatic heterocycles. The minimum atomic E-state index is -0.579. The van der Waals surface area contributed by atoms with Crippen LogP contribution < -0.4 is 5.32 Å². The fraction of sp³-hybridized carbons (Fsp3) is 0.647. The van der Waals surface area contributed by atoms with E-state index < -0.39 is 10.8 Å². The number of nitrogens with one attached hydrogen (secondary N) is 1. The summed E-state index contributed by atoms with van der Waals surface area (Å²) in [6.07, 6.45) is 3.21. The highest BCUT2D eigenvalue weighted by molar-refractivity contribution is 7.85. The van der Waals surface area contributed by atoms with Crippen molar-refractivity contribution in [2.24, 2.45) is 5.41 Å². The molecule has 20 heavy (non-hydrogen) atoms. The third-order valence-electron chi connectivity index (χ3n) is 3.84. The Morgan fingerprint density at radius 1 is 1.20 bits per heavy atom. The summed E-state index contributed by atoms with van der Waals surface area (Å²) in [5, 5.41) is 3.81. The predicted molar refractivity (Wildman–Crippen MR) is 87.3 cm³/mol. The lowest BCUT2D eigenvalue weighted by Crippen LogP contribution is -2.39. The summed E-state index contributed by atoms with van der Waals surface area (Å²) in [6.45, 7) is 6.88. The van der Waals surface area contributed by atoms with Gasteiger partial charge in [-0.2, -0.15) is 0 Å². The summed E-state index contributed by atoms with van der Waals surface area (Å²) in [5.41, 5.74) is 1.67. The van der Waals surface area contributed by atoms with E-state index in [0.29, 0.717) is 17.5 Å². The molecule has 0 amide bonds. The van der Waals surface area contributed by atoms with Gasteiger partial charge in [-0.15, -0.1) is 0 Å². The molecule has 1 aromatic rings. The fourth-order valence-corrected chi connectivity index (χ4v) is 4.11. The molecule has 1 N–H and O–H groups in total. The molecule has 0 bridgehead atoms. The number of rotatable bonds is 4. The molecule has 2 rings (SSSR count). The van der Waals surface area contributed by atoms with Crippen LogP contribution in [-0.2, 0) is 10.8 Å². The summed E-state index contributed by atoms with van der Waals surface area (Å²) >= 11 is 0. The molecule has 0 aromatic heterocycles. The third-order valence-corrected chi connectivity index (χ3v) is 5.23. The second-order valence-corrected chi connectivity index (χ2v) is 8.71. The molecule has 0 saturated carbocycles. The van der Waals surface area contributed by atoms with Gasteiger partial charge in [0.1, 0.15) is 0 Å². The van der Waals surface area contributed by atoms with Crippen molar-refractivity contribution >= 4 is 10.8 Å². The van der Waals surface area contributed by atoms with Gasteiger partial charge in [-0.05, 0) is 30.2 Å². The molecule has 1 saturated heterocycles. The van der Waals surface area contributed by atoms with Crippen molar-refractivity contribution in [3.63, 3.8) is 0 Å². The van der Waals surface area contributed by atoms with Gasteiger partial charge in [-0.25, -0.2) is 0 Å². The highest BCUT2D eigenvalue weighted by Crippen LogP contribution is 2.30. The van der Waals surface area contributed by atoms with Crippen molar-refractivity contribution in [3.8, 4) is 0 Å². The van der Waals surface area contributed by atoms with Crippen LogP contribution in [-0.4, -0.2) is 21.8 Å². The van der Waals surface area contributed by atoms with Gasteiger partial charge in [-0.1, -0.05) is 51.1 Å². The van der Waals surface area contributed by atoms with E-state index in [2.05, 4.69) is 56.4 Å². The van der Waals surface area contributed by atoms with E-state index >= 15 is 0 Å². The second-order valence-electron chi connectivity index (χ2n) is 7.02. The maximum atomic E-state index is 11.5. The quantitative estimate of drug-likeness (QED) is 0.918. The first-order valence-corrected chi connectivity index (χ1v) is 9.09. The van der Waals surface area contributed by atoms with Gasteiger partial charge < -0.3 is 5.32 Å². The van der Waals surface area contributed by atoms with Crippen LogP contribution in [0.1, 0.15) is 51.6 Å². The smallest absolute Gasteiger partial charge is 0.0327 e. The molecule has 0 aliphatic carbocycles. The van der Waals surface area contributed by atoms with Crippen LogP contribution in [0.2, 0.25) is 0 Å². The molecular weight excluding hydrogens is 266 g/mol. The lowest BCUT2D eigenvalue weighted by atomic mass is 9.85. The maximum absolute atomic E-state index is 11.5. The standard InChI is InChI=1S/C17H27NOS/c1-17(2,3)13-16(14-7-5-4-6-8-14)18-15-9-11-20(19)12-10-15/h4-8,15-16,18H,9-13H2,1-3H3. The first-order valence-electron chi connectivity index (χ1n) is 7.60. The van der Waals surface area contributed by atoms with E-state index in [1.165, 1.54) is 5.56 Å². The van der Waals surface area contributed by atoms with Crippen molar-refractivity contribution in [1.29, 1.82) is 0 Å². The molecule has 2 nitrogen and oxygen atoms in total. The Labute approximate surface area is 125 Å². The second kappa shape index (κ2) is 6.86. The van der Waals surface area contributed by atoms with E-state index in [9.17, 15) is 4.21 Å². The molecule has 112 valence electrons. The van der Waals surface area contributed by atoms with Crippen LogP contribution in [0.4, 0.5) is 0 Å². The highest BCUT2D eigenvalue weighted by atomic mass is 32.2. The first kappa shape index (κ1) is 15.7. The molecule has 1 heterocycles. The van der Waals surface area contributed by atoms with Gasteiger partial charge >= 0.3 is 0 Å². The largest absolute Gasteiger partial charge is 0.307 e. The summed E-state index contributed by atoms with van der Waals surface area (Å²) in [7, 11) is -0.579. The first-order chi connectivity index (χ1) is 9.44. The average Bonchev–Trinajstić information content (AvgIpc) is 2.40. The van der Waals surface area contributed by atoms with Gasteiger partial charge in [0.05, 0.1) is 0 Å². The molecule has 1 unspecified atom stereocenters. The zero-order valence-electron chi connectivity index (χ0n) is 12.9. The van der Waals surface area contributed by atoms with Crippen LogP contribution in [0.3, 0.4) is 0 Å². The van der Waals surface area contributed by atoms with Crippen LogP contribution >= 0.6 is 0 Å². The van der Waals surface area contributed by atoms with E-state index in [1.807, 2.05) is 0 Å². The summed E-state index contributed by atoms with van der Waals surface area (Å²) in [5.74, 6) is 1.71. The van der Waals surface area contributed by atoms with Crippen molar-refractivity contribution in [2.75, 3.05) is 11.5 Å². The summed E-state index contributed by atoms with van der Waals surface area (Å²) in [6, 6.07) is 11.6. The minimum absolute atomic E-state index is 0.297. The summed E-state index contributed by atoms with van der Waals surface area (Å²) < 4.78 is 11.5. The van der Waals surface area contributed by atoms with Crippen LogP contribution in [0.25, 0.3) is 0 Å². The Kier molecular flexibility index (Phi) is 5.39. The molecule has 3 heteroatoms. The summed E-state index contributed by atoms with van der Waals surface area (Å²) in [4.78, 5) is 0. The minimum Gasteiger partial charge on any atom is -0.307 e. The van der Waals surface area contributed by atoms with Crippen molar-refractivity contribution < 1.29 is 4.21 Å². The number of benzene rings is 1. The fourth-order valence-electron chi connectivity index (χ4n) is 2.82. The topological polar surface area (TPSA) is 29.1 Å². The average molecular weight is 293 g/mol. The van der Waals surface area contributed by atoms with Crippen molar-refractivity contribution in [1.82, 2.24) is 5.32 Å². The Morgan fingerprint density at radius 3 is 2.35 bits per heavy atom. The molecule has 1 aliphatic rings. The zero-order valence-corrected chi connectivity index (χ0v) is 13.7. The number of hydrogen-bond acceptors (Lipinski definition) is 2. The van der Waals surface area contributed by atoms with Gasteiger partial charge in [0, 0.05) is 34.4 Å². The van der Waals surface area contributed by atoms with Crippen molar-refractivity contribution in [2.45, 2.75) is 52.1 Å². The highest BCUT2D eigenvalue weighted by Gasteiger charge is 2.25. The lowest BCUT2D eigenvalue weighted by Gasteiger charge is -2.32. The maximum Gasteiger partial charge on any atom is 0.0327 e. The predicted octanol–water partition coefficient (Wildman–Crippen LogP) is 3.66. The molecule has 1 fully saturated rings. The van der Waals surface area contributed by atoms with Crippen LogP contribution in [0.15, 0.2) is 30.3 Å². The lowest BCUT2D eigenvalue weighted by molar-refractivity contribution is 0.287. The van der Waals surface area contributed by atoms with Crippen LogP contribution in [0, 0.1) is 5.41 Å². The van der Waals surface area contributed by atoms with Crippen LogP contribution in [0.5, 0.6) is 0 Å². The monoisotopic (exact) mass is 293 g/mol. The molecule has 0 spiro atoms. The molecule has 1 atom stereocenters. The Balaban J connectivity index is 2.05. The number of hydrogen-bond donors (Lipinski definition) is 1. The SMILES string of the molecule is CC(C)(C)CC(NC1CCS(=O)CC1)c1ccccc1. The molecular formula is C17H27NOS.